The van der Waals surface area contributed by atoms with Gasteiger partial charge in [-0.15, -0.1) is 12.4 Å². The van der Waals surface area contributed by atoms with Gasteiger partial charge < -0.3 is 30.6 Å². The van der Waals surface area contributed by atoms with E-state index in [-0.39, 0.29) is 55.9 Å². The Labute approximate surface area is 159 Å². The molecule has 9 heteroatoms. The summed E-state index contributed by atoms with van der Waals surface area (Å²) in [6.45, 7) is 0.153. The van der Waals surface area contributed by atoms with Crippen LogP contribution in [0.15, 0.2) is 18.2 Å². The molecule has 4 N–H and O–H groups in total. The highest BCUT2D eigenvalue weighted by molar-refractivity contribution is 5.91. The van der Waals surface area contributed by atoms with Crippen LogP contribution in [0.4, 0.5) is 5.69 Å². The van der Waals surface area contributed by atoms with Gasteiger partial charge in [0.05, 0.1) is 19.6 Å². The summed E-state index contributed by atoms with van der Waals surface area (Å²) in [5.74, 6) is 0.465. The molecule has 2 amide bonds. The molecule has 1 aliphatic carbocycles. The lowest BCUT2D eigenvalue weighted by molar-refractivity contribution is -0.123. The summed E-state index contributed by atoms with van der Waals surface area (Å²) in [6, 6.07) is 5.25. The summed E-state index contributed by atoms with van der Waals surface area (Å²) in [7, 11) is 3.02. The smallest absolute Gasteiger partial charge is 0.258 e. The van der Waals surface area contributed by atoms with Crippen LogP contribution in [0.25, 0.3) is 0 Å². The maximum absolute atomic E-state index is 12.0. The number of hydrogen-bond acceptors (Lipinski definition) is 6. The van der Waals surface area contributed by atoms with Gasteiger partial charge in [0, 0.05) is 31.5 Å². The number of anilines is 1. The third-order valence-corrected chi connectivity index (χ3v) is 3.76. The topological polar surface area (TPSA) is 112 Å². The van der Waals surface area contributed by atoms with E-state index in [1.165, 1.54) is 14.2 Å². The molecular weight excluding hydrogens is 362 g/mol. The second-order valence-electron chi connectivity index (χ2n) is 5.84. The van der Waals surface area contributed by atoms with Crippen LogP contribution < -0.4 is 25.8 Å². The quantitative estimate of drug-likeness (QED) is 0.553. The first-order chi connectivity index (χ1) is 12.0. The predicted octanol–water partition coefficient (Wildman–Crippen LogP) is 1.08. The number of rotatable bonds is 10. The number of benzene rings is 1. The third-order valence-electron chi connectivity index (χ3n) is 3.76. The Hall–Kier alpha value is -2.03. The van der Waals surface area contributed by atoms with E-state index in [0.29, 0.717) is 17.2 Å². The average Bonchev–Trinajstić information content (AvgIpc) is 3.42. The molecule has 1 atom stereocenters. The Kier molecular flexibility index (Phi) is 9.18. The lowest BCUT2D eigenvalue weighted by Gasteiger charge is -2.15. The first-order valence-corrected chi connectivity index (χ1v) is 8.18. The summed E-state index contributed by atoms with van der Waals surface area (Å²) in [6.07, 6.45) is 1.85. The Morgan fingerprint density at radius 3 is 2.54 bits per heavy atom. The summed E-state index contributed by atoms with van der Waals surface area (Å²) in [4.78, 5) is 23.8. The SMILES string of the molecule is COc1ccc(NC(=O)CC(CN)OC)cc1OCC(=O)NC1CC1.Cl. The van der Waals surface area contributed by atoms with Crippen molar-refractivity contribution in [1.82, 2.24) is 5.32 Å². The molecule has 1 aromatic rings. The van der Waals surface area contributed by atoms with Gasteiger partial charge in [0.2, 0.25) is 5.91 Å². The average molecular weight is 388 g/mol. The lowest BCUT2D eigenvalue weighted by Crippen LogP contribution is -2.30. The van der Waals surface area contributed by atoms with Gasteiger partial charge in [-0.2, -0.15) is 0 Å². The Bertz CT molecular complexity index is 606. The van der Waals surface area contributed by atoms with Gasteiger partial charge in [0.25, 0.3) is 5.91 Å². The Morgan fingerprint density at radius 2 is 1.96 bits per heavy atom. The van der Waals surface area contributed by atoms with E-state index in [2.05, 4.69) is 10.6 Å². The molecule has 1 fully saturated rings. The van der Waals surface area contributed by atoms with Crippen LogP contribution in [-0.4, -0.2) is 51.3 Å². The first kappa shape index (κ1) is 22.0. The van der Waals surface area contributed by atoms with E-state index in [1.807, 2.05) is 0 Å². The summed E-state index contributed by atoms with van der Waals surface area (Å²) >= 11 is 0. The van der Waals surface area contributed by atoms with Crippen molar-refractivity contribution in [3.63, 3.8) is 0 Å². The van der Waals surface area contributed by atoms with Crippen molar-refractivity contribution >= 4 is 29.9 Å². The number of carbonyl (C=O) groups excluding carboxylic acids is 2. The number of amides is 2. The monoisotopic (exact) mass is 387 g/mol. The largest absolute Gasteiger partial charge is 0.493 e. The van der Waals surface area contributed by atoms with E-state index >= 15 is 0 Å². The number of nitrogens with one attached hydrogen (secondary N) is 2. The fourth-order valence-electron chi connectivity index (χ4n) is 2.19. The molecule has 26 heavy (non-hydrogen) atoms. The van der Waals surface area contributed by atoms with E-state index in [1.54, 1.807) is 18.2 Å². The molecule has 0 aromatic heterocycles. The number of hydrogen-bond donors (Lipinski definition) is 3. The van der Waals surface area contributed by atoms with Gasteiger partial charge in [-0.05, 0) is 25.0 Å². The number of carbonyl (C=O) groups is 2. The van der Waals surface area contributed by atoms with Crippen molar-refractivity contribution in [2.45, 2.75) is 31.4 Å². The maximum atomic E-state index is 12.0. The van der Waals surface area contributed by atoms with E-state index < -0.39 is 0 Å². The summed E-state index contributed by atoms with van der Waals surface area (Å²) in [5, 5.41) is 5.59. The molecule has 1 aromatic carbocycles. The zero-order chi connectivity index (χ0) is 18.2. The molecule has 1 saturated carbocycles. The third kappa shape index (κ3) is 7.07. The number of halogens is 1. The predicted molar refractivity (Wildman–Crippen MR) is 100.0 cm³/mol. The van der Waals surface area contributed by atoms with Crippen LogP contribution in [0.3, 0.4) is 0 Å². The van der Waals surface area contributed by atoms with E-state index in [9.17, 15) is 9.59 Å². The highest BCUT2D eigenvalue weighted by Crippen LogP contribution is 2.30. The highest BCUT2D eigenvalue weighted by atomic mass is 35.5. The Balaban J connectivity index is 0.00000338. The fourth-order valence-corrected chi connectivity index (χ4v) is 2.19. The molecule has 0 bridgehead atoms. The van der Waals surface area contributed by atoms with Gasteiger partial charge in [0.1, 0.15) is 0 Å². The summed E-state index contributed by atoms with van der Waals surface area (Å²) in [5.41, 5.74) is 6.05. The van der Waals surface area contributed by atoms with Crippen LogP contribution in [0.5, 0.6) is 11.5 Å². The van der Waals surface area contributed by atoms with Crippen LogP contribution in [-0.2, 0) is 14.3 Å². The highest BCUT2D eigenvalue weighted by Gasteiger charge is 2.23. The number of methoxy groups -OCH3 is 2. The van der Waals surface area contributed by atoms with Crippen LogP contribution >= 0.6 is 12.4 Å². The molecule has 0 heterocycles. The number of nitrogens with two attached hydrogens (primary N) is 1. The molecule has 0 aliphatic heterocycles. The zero-order valence-electron chi connectivity index (χ0n) is 14.9. The van der Waals surface area contributed by atoms with Crippen molar-refractivity contribution in [1.29, 1.82) is 0 Å². The second kappa shape index (κ2) is 10.8. The standard InChI is InChI=1S/C17H25N3O5.ClH/c1-23-13(9-18)8-16(21)20-12-5-6-14(24-2)15(7-12)25-10-17(22)19-11-3-4-11;/h5-7,11,13H,3-4,8-10,18H2,1-2H3,(H,19,22)(H,20,21);1H. The zero-order valence-corrected chi connectivity index (χ0v) is 15.8. The fraction of sp³-hybridized carbons (Fsp3) is 0.529. The molecule has 1 aliphatic rings. The van der Waals surface area contributed by atoms with Crippen molar-refractivity contribution < 1.29 is 23.8 Å². The molecule has 1 unspecified atom stereocenters. The second-order valence-corrected chi connectivity index (χ2v) is 5.84. The van der Waals surface area contributed by atoms with Gasteiger partial charge in [-0.1, -0.05) is 0 Å². The minimum Gasteiger partial charge on any atom is -0.493 e. The summed E-state index contributed by atoms with van der Waals surface area (Å²) < 4.78 is 15.9. The Morgan fingerprint density at radius 1 is 1.23 bits per heavy atom. The van der Waals surface area contributed by atoms with Crippen molar-refractivity contribution in [2.24, 2.45) is 5.73 Å². The molecule has 0 radical (unpaired) electrons. The normalized spacial score (nSPS) is 14.0. The van der Waals surface area contributed by atoms with Gasteiger partial charge in [-0.25, -0.2) is 0 Å². The van der Waals surface area contributed by atoms with Crippen molar-refractivity contribution in [3.8, 4) is 11.5 Å². The maximum Gasteiger partial charge on any atom is 0.258 e. The molecule has 0 saturated heterocycles. The van der Waals surface area contributed by atoms with E-state index in [0.717, 1.165) is 12.8 Å². The minimum atomic E-state index is -0.333. The van der Waals surface area contributed by atoms with Crippen molar-refractivity contribution in [2.75, 3.05) is 32.7 Å². The molecule has 2 rings (SSSR count). The molecular formula is C17H26ClN3O5. The molecule has 8 nitrogen and oxygen atoms in total. The van der Waals surface area contributed by atoms with Crippen LogP contribution in [0.2, 0.25) is 0 Å². The van der Waals surface area contributed by atoms with Crippen LogP contribution in [0, 0.1) is 0 Å². The minimum absolute atomic E-state index is 0. The molecule has 146 valence electrons. The van der Waals surface area contributed by atoms with Gasteiger partial charge >= 0.3 is 0 Å². The van der Waals surface area contributed by atoms with Crippen LogP contribution in [0.1, 0.15) is 19.3 Å². The van der Waals surface area contributed by atoms with Gasteiger partial charge in [0.15, 0.2) is 18.1 Å². The lowest BCUT2D eigenvalue weighted by atomic mass is 10.2. The number of ether oxygens (including phenoxy) is 3. The van der Waals surface area contributed by atoms with Crippen molar-refractivity contribution in [3.05, 3.63) is 18.2 Å². The van der Waals surface area contributed by atoms with Gasteiger partial charge in [-0.3, -0.25) is 9.59 Å². The first-order valence-electron chi connectivity index (χ1n) is 8.18. The molecule has 0 spiro atoms. The van der Waals surface area contributed by atoms with E-state index in [4.69, 9.17) is 19.9 Å².